The number of rotatable bonds is 8. The molecule has 1 amide bonds. The lowest BCUT2D eigenvalue weighted by molar-refractivity contribution is -0.115. The summed E-state index contributed by atoms with van der Waals surface area (Å²) in [6, 6.07) is 3.43. The Morgan fingerprint density at radius 2 is 2.04 bits per heavy atom. The molecule has 0 spiro atoms. The van der Waals surface area contributed by atoms with Crippen LogP contribution in [0.1, 0.15) is 26.7 Å². The van der Waals surface area contributed by atoms with E-state index in [0.717, 1.165) is 31.5 Å². The van der Waals surface area contributed by atoms with Gasteiger partial charge in [-0.05, 0) is 25.5 Å². The van der Waals surface area contributed by atoms with Crippen LogP contribution in [0.15, 0.2) is 22.5 Å². The van der Waals surface area contributed by atoms with Crippen molar-refractivity contribution in [3.8, 4) is 0 Å². The molecule has 9 heteroatoms. The first-order valence-electron chi connectivity index (χ1n) is 7.50. The summed E-state index contributed by atoms with van der Waals surface area (Å²) in [4.78, 5) is 12.1. The average molecular weight is 372 g/mol. The zero-order chi connectivity index (χ0) is 17.5. The number of anilines is 2. The van der Waals surface area contributed by atoms with Crippen LogP contribution in [0.25, 0.3) is 0 Å². The molecule has 0 aliphatic carbocycles. The molecule has 2 aromatic rings. The number of amides is 1. The number of carbonyl (C=O) groups is 1. The van der Waals surface area contributed by atoms with Gasteiger partial charge in [-0.3, -0.25) is 4.79 Å². The van der Waals surface area contributed by atoms with Crippen LogP contribution in [0.5, 0.6) is 0 Å². The molecule has 0 unspecified atom stereocenters. The zero-order valence-electron chi connectivity index (χ0n) is 13.3. The number of hydrogen-bond acceptors (Lipinski definition) is 6. The highest BCUT2D eigenvalue weighted by atomic mass is 32.2. The summed E-state index contributed by atoms with van der Waals surface area (Å²) in [5.41, 5.74) is -0.436. The SMILES string of the molecule is CCCCNc1nnc(S[C@H](C)C(=O)Nc2c(F)cccc2F)s1. The summed E-state index contributed by atoms with van der Waals surface area (Å²) < 4.78 is 27.7. The van der Waals surface area contributed by atoms with Crippen molar-refractivity contribution in [1.82, 2.24) is 10.2 Å². The Bertz CT molecular complexity index is 676. The lowest BCUT2D eigenvalue weighted by atomic mass is 10.3. The monoisotopic (exact) mass is 372 g/mol. The highest BCUT2D eigenvalue weighted by Crippen LogP contribution is 2.30. The van der Waals surface area contributed by atoms with E-state index in [4.69, 9.17) is 0 Å². The largest absolute Gasteiger partial charge is 0.360 e. The van der Waals surface area contributed by atoms with Crippen LogP contribution in [0.3, 0.4) is 0 Å². The van der Waals surface area contributed by atoms with Gasteiger partial charge < -0.3 is 10.6 Å². The number of benzene rings is 1. The molecule has 0 fully saturated rings. The van der Waals surface area contributed by atoms with Crippen LogP contribution in [-0.2, 0) is 4.79 Å². The van der Waals surface area contributed by atoms with E-state index >= 15 is 0 Å². The maximum atomic E-state index is 13.6. The second-order valence-electron chi connectivity index (χ2n) is 5.00. The Morgan fingerprint density at radius 1 is 1.33 bits per heavy atom. The van der Waals surface area contributed by atoms with Crippen LogP contribution in [0.2, 0.25) is 0 Å². The predicted molar refractivity (Wildman–Crippen MR) is 93.6 cm³/mol. The minimum Gasteiger partial charge on any atom is -0.360 e. The number of thioether (sulfide) groups is 1. The highest BCUT2D eigenvalue weighted by molar-refractivity contribution is 8.02. The van der Waals surface area contributed by atoms with Crippen molar-refractivity contribution in [2.75, 3.05) is 17.2 Å². The second-order valence-corrected chi connectivity index (χ2v) is 7.56. The van der Waals surface area contributed by atoms with Crippen molar-refractivity contribution < 1.29 is 13.6 Å². The Labute approximate surface area is 147 Å². The van der Waals surface area contributed by atoms with E-state index in [9.17, 15) is 13.6 Å². The maximum absolute atomic E-state index is 13.6. The molecule has 1 aromatic heterocycles. The van der Waals surface area contributed by atoms with Gasteiger partial charge in [0.05, 0.1) is 5.25 Å². The Kier molecular flexibility index (Phi) is 6.92. The molecule has 0 saturated carbocycles. The molecule has 1 atom stereocenters. The molecule has 2 rings (SSSR count). The molecular weight excluding hydrogens is 354 g/mol. The molecular formula is C15H18F2N4OS2. The first-order chi connectivity index (χ1) is 11.5. The topological polar surface area (TPSA) is 66.9 Å². The van der Waals surface area contributed by atoms with Crippen molar-refractivity contribution in [3.05, 3.63) is 29.8 Å². The average Bonchev–Trinajstić information content (AvgIpc) is 2.98. The van der Waals surface area contributed by atoms with Crippen LogP contribution in [-0.4, -0.2) is 27.9 Å². The smallest absolute Gasteiger partial charge is 0.237 e. The Hall–Kier alpha value is -1.74. The quantitative estimate of drug-likeness (QED) is 0.538. The predicted octanol–water partition coefficient (Wildman–Crippen LogP) is 4.15. The fourth-order valence-corrected chi connectivity index (χ4v) is 3.67. The summed E-state index contributed by atoms with van der Waals surface area (Å²) in [5.74, 6) is -2.11. The van der Waals surface area contributed by atoms with Gasteiger partial charge in [0, 0.05) is 6.54 Å². The van der Waals surface area contributed by atoms with Gasteiger partial charge in [-0.25, -0.2) is 8.78 Å². The number of unbranched alkanes of at least 4 members (excludes halogenated alkanes) is 1. The van der Waals surface area contributed by atoms with Crippen molar-refractivity contribution in [2.24, 2.45) is 0 Å². The number of nitrogens with one attached hydrogen (secondary N) is 2. The number of carbonyl (C=O) groups excluding carboxylic acids is 1. The molecule has 5 nitrogen and oxygen atoms in total. The van der Waals surface area contributed by atoms with Gasteiger partial charge in [-0.15, -0.1) is 10.2 Å². The van der Waals surface area contributed by atoms with E-state index in [1.807, 2.05) is 0 Å². The minimum absolute atomic E-state index is 0.436. The van der Waals surface area contributed by atoms with E-state index in [0.29, 0.717) is 9.47 Å². The van der Waals surface area contributed by atoms with Crippen LogP contribution < -0.4 is 10.6 Å². The van der Waals surface area contributed by atoms with Gasteiger partial charge in [0.2, 0.25) is 11.0 Å². The fraction of sp³-hybridized carbons (Fsp3) is 0.400. The fourth-order valence-electron chi connectivity index (χ4n) is 1.75. The van der Waals surface area contributed by atoms with E-state index in [1.54, 1.807) is 6.92 Å². The first-order valence-corrected chi connectivity index (χ1v) is 9.19. The van der Waals surface area contributed by atoms with E-state index in [-0.39, 0.29) is 0 Å². The van der Waals surface area contributed by atoms with Crippen LogP contribution in [0.4, 0.5) is 19.6 Å². The number of aromatic nitrogens is 2. The van der Waals surface area contributed by atoms with Crippen molar-refractivity contribution in [2.45, 2.75) is 36.3 Å². The third-order valence-corrected chi connectivity index (χ3v) is 5.14. The van der Waals surface area contributed by atoms with Crippen molar-refractivity contribution in [3.63, 3.8) is 0 Å². The van der Waals surface area contributed by atoms with E-state index < -0.39 is 28.5 Å². The third kappa shape index (κ3) is 5.13. The standard InChI is InChI=1S/C15H18F2N4OS2/c1-3-4-8-18-14-20-21-15(24-14)23-9(2)13(22)19-12-10(16)6-5-7-11(12)17/h5-7,9H,3-4,8H2,1-2H3,(H,18,20)(H,19,22)/t9-/m1/s1. The lowest BCUT2D eigenvalue weighted by Gasteiger charge is -2.11. The minimum atomic E-state index is -0.807. The molecule has 130 valence electrons. The normalized spacial score (nSPS) is 12.0. The summed E-state index contributed by atoms with van der Waals surface area (Å²) in [7, 11) is 0. The molecule has 2 N–H and O–H groups in total. The Balaban J connectivity index is 1.92. The number of halogens is 2. The maximum Gasteiger partial charge on any atom is 0.237 e. The van der Waals surface area contributed by atoms with Gasteiger partial charge in [0.1, 0.15) is 17.3 Å². The van der Waals surface area contributed by atoms with E-state index in [2.05, 4.69) is 27.8 Å². The number of nitrogens with zero attached hydrogens (tertiary/aromatic N) is 2. The second kappa shape index (κ2) is 8.93. The molecule has 0 bridgehead atoms. The molecule has 1 heterocycles. The summed E-state index contributed by atoms with van der Waals surface area (Å²) in [6.45, 7) is 4.56. The van der Waals surface area contributed by atoms with Gasteiger partial charge in [0.15, 0.2) is 4.34 Å². The van der Waals surface area contributed by atoms with Gasteiger partial charge in [0.25, 0.3) is 0 Å². The summed E-state index contributed by atoms with van der Waals surface area (Å²) in [5, 5.41) is 13.6. The van der Waals surface area contributed by atoms with Crippen LogP contribution in [0, 0.1) is 11.6 Å². The zero-order valence-corrected chi connectivity index (χ0v) is 14.9. The van der Waals surface area contributed by atoms with Crippen LogP contribution >= 0.6 is 23.1 Å². The molecule has 0 saturated heterocycles. The van der Waals surface area contributed by atoms with E-state index in [1.165, 1.54) is 29.2 Å². The van der Waals surface area contributed by atoms with Crippen molar-refractivity contribution >= 4 is 39.8 Å². The van der Waals surface area contributed by atoms with Crippen molar-refractivity contribution in [1.29, 1.82) is 0 Å². The summed E-state index contributed by atoms with van der Waals surface area (Å²) in [6.07, 6.45) is 2.12. The first kappa shape index (κ1) is 18.6. The molecule has 1 aromatic carbocycles. The molecule has 0 aliphatic heterocycles. The van der Waals surface area contributed by atoms with Gasteiger partial charge >= 0.3 is 0 Å². The van der Waals surface area contributed by atoms with Gasteiger partial charge in [-0.2, -0.15) is 0 Å². The third-order valence-electron chi connectivity index (χ3n) is 3.07. The molecule has 24 heavy (non-hydrogen) atoms. The number of hydrogen-bond donors (Lipinski definition) is 2. The highest BCUT2D eigenvalue weighted by Gasteiger charge is 2.20. The number of para-hydroxylation sites is 1. The van der Waals surface area contributed by atoms with Gasteiger partial charge in [-0.1, -0.05) is 42.5 Å². The summed E-state index contributed by atoms with van der Waals surface area (Å²) >= 11 is 2.53. The Morgan fingerprint density at radius 3 is 2.71 bits per heavy atom. The molecule has 0 aliphatic rings. The lowest BCUT2D eigenvalue weighted by Crippen LogP contribution is -2.23. The molecule has 0 radical (unpaired) electrons.